The molecule has 4 nitrogen and oxygen atoms in total. The summed E-state index contributed by atoms with van der Waals surface area (Å²) in [6, 6.07) is 8.68. The third-order valence-electron chi connectivity index (χ3n) is 3.87. The highest BCUT2D eigenvalue weighted by atomic mass is 15.3. The number of rotatable bonds is 3. The Balaban J connectivity index is 1.77. The zero-order valence-electron chi connectivity index (χ0n) is 12.2. The summed E-state index contributed by atoms with van der Waals surface area (Å²) >= 11 is 0. The van der Waals surface area contributed by atoms with Gasteiger partial charge in [0.25, 0.3) is 0 Å². The predicted octanol–water partition coefficient (Wildman–Crippen LogP) is 2.41. The van der Waals surface area contributed by atoms with Gasteiger partial charge < -0.3 is 10.2 Å². The van der Waals surface area contributed by atoms with E-state index in [0.29, 0.717) is 5.92 Å². The molecule has 1 fully saturated rings. The number of hydrogen-bond acceptors (Lipinski definition) is 3. The van der Waals surface area contributed by atoms with Crippen molar-refractivity contribution in [2.75, 3.05) is 31.1 Å². The second kappa shape index (κ2) is 5.67. The van der Waals surface area contributed by atoms with Crippen molar-refractivity contribution >= 4 is 5.69 Å². The normalized spacial score (nSPS) is 15.8. The second-order valence-electron chi connectivity index (χ2n) is 5.63. The third kappa shape index (κ3) is 2.70. The summed E-state index contributed by atoms with van der Waals surface area (Å²) in [6.07, 6.45) is 4.07. The molecule has 0 unspecified atom stereocenters. The molecule has 1 aliphatic rings. The van der Waals surface area contributed by atoms with Crippen LogP contribution in [0.4, 0.5) is 5.69 Å². The molecule has 1 N–H and O–H groups in total. The lowest BCUT2D eigenvalue weighted by Gasteiger charge is -2.29. The van der Waals surface area contributed by atoms with E-state index in [0.717, 1.165) is 31.9 Å². The minimum Gasteiger partial charge on any atom is -0.369 e. The first-order valence-corrected chi connectivity index (χ1v) is 7.35. The minimum absolute atomic E-state index is 0.517. The van der Waals surface area contributed by atoms with Crippen molar-refractivity contribution in [1.82, 2.24) is 15.1 Å². The van der Waals surface area contributed by atoms with Crippen LogP contribution >= 0.6 is 0 Å². The highest BCUT2D eigenvalue weighted by molar-refractivity contribution is 5.51. The van der Waals surface area contributed by atoms with Crippen LogP contribution in [0.2, 0.25) is 0 Å². The molecule has 1 aromatic carbocycles. The van der Waals surface area contributed by atoms with Gasteiger partial charge in [0.05, 0.1) is 11.9 Å². The van der Waals surface area contributed by atoms with Crippen LogP contribution in [-0.4, -0.2) is 36.0 Å². The number of aromatic nitrogens is 2. The summed E-state index contributed by atoms with van der Waals surface area (Å²) in [4.78, 5) is 2.42. The molecule has 1 aliphatic heterocycles. The van der Waals surface area contributed by atoms with Gasteiger partial charge in [-0.1, -0.05) is 13.8 Å². The smallest absolute Gasteiger partial charge is 0.0647 e. The molecule has 0 atom stereocenters. The molecule has 2 heterocycles. The van der Waals surface area contributed by atoms with E-state index in [2.05, 4.69) is 59.6 Å². The standard InChI is InChI=1S/C16H22N4/c1-13(2)14-11-18-20(12-14)16-5-3-15(4-6-16)19-9-7-17-8-10-19/h3-6,11-13,17H,7-10H2,1-2H3. The van der Waals surface area contributed by atoms with Gasteiger partial charge in [-0.05, 0) is 35.7 Å². The largest absolute Gasteiger partial charge is 0.369 e. The van der Waals surface area contributed by atoms with Crippen molar-refractivity contribution in [2.24, 2.45) is 0 Å². The fourth-order valence-corrected chi connectivity index (χ4v) is 2.52. The Morgan fingerprint density at radius 1 is 1.05 bits per heavy atom. The van der Waals surface area contributed by atoms with Crippen molar-refractivity contribution in [2.45, 2.75) is 19.8 Å². The van der Waals surface area contributed by atoms with Crippen LogP contribution in [0.15, 0.2) is 36.7 Å². The maximum absolute atomic E-state index is 4.44. The number of nitrogens with zero attached hydrogens (tertiary/aromatic N) is 3. The fourth-order valence-electron chi connectivity index (χ4n) is 2.52. The summed E-state index contributed by atoms with van der Waals surface area (Å²) in [7, 11) is 0. The van der Waals surface area contributed by atoms with E-state index in [4.69, 9.17) is 0 Å². The molecular formula is C16H22N4. The number of piperazine rings is 1. The first-order chi connectivity index (χ1) is 9.74. The summed E-state index contributed by atoms with van der Waals surface area (Å²) in [5.41, 5.74) is 3.69. The minimum atomic E-state index is 0.517. The first-order valence-electron chi connectivity index (χ1n) is 7.35. The van der Waals surface area contributed by atoms with E-state index in [1.54, 1.807) is 0 Å². The van der Waals surface area contributed by atoms with Crippen LogP contribution in [0.5, 0.6) is 0 Å². The topological polar surface area (TPSA) is 33.1 Å². The summed E-state index contributed by atoms with van der Waals surface area (Å²) in [6.45, 7) is 8.68. The lowest BCUT2D eigenvalue weighted by molar-refractivity contribution is 0.589. The van der Waals surface area contributed by atoms with Gasteiger partial charge in [0.1, 0.15) is 0 Å². The predicted molar refractivity (Wildman–Crippen MR) is 82.7 cm³/mol. The Bertz CT molecular complexity index is 550. The van der Waals surface area contributed by atoms with Gasteiger partial charge in [0, 0.05) is 38.1 Å². The van der Waals surface area contributed by atoms with E-state index >= 15 is 0 Å². The fraction of sp³-hybridized carbons (Fsp3) is 0.438. The molecule has 1 aromatic heterocycles. The highest BCUT2D eigenvalue weighted by Crippen LogP contribution is 2.19. The molecule has 106 valence electrons. The van der Waals surface area contributed by atoms with E-state index in [1.165, 1.54) is 11.3 Å². The zero-order chi connectivity index (χ0) is 13.9. The van der Waals surface area contributed by atoms with Crippen molar-refractivity contribution in [3.8, 4) is 5.69 Å². The SMILES string of the molecule is CC(C)c1cnn(-c2ccc(N3CCNCC3)cc2)c1. The van der Waals surface area contributed by atoms with Gasteiger partial charge >= 0.3 is 0 Å². The number of benzene rings is 1. The molecule has 0 spiro atoms. The molecule has 0 aliphatic carbocycles. The molecule has 1 saturated heterocycles. The van der Waals surface area contributed by atoms with Crippen LogP contribution in [0.3, 0.4) is 0 Å². The molecule has 0 amide bonds. The van der Waals surface area contributed by atoms with E-state index in [1.807, 2.05) is 10.9 Å². The Kier molecular flexibility index (Phi) is 3.74. The highest BCUT2D eigenvalue weighted by Gasteiger charge is 2.10. The van der Waals surface area contributed by atoms with E-state index in [-0.39, 0.29) is 0 Å². The monoisotopic (exact) mass is 270 g/mol. The summed E-state index contributed by atoms with van der Waals surface area (Å²) in [5.74, 6) is 0.517. The Labute approximate surface area is 120 Å². The van der Waals surface area contributed by atoms with Gasteiger partial charge in [-0.15, -0.1) is 0 Å². The number of anilines is 1. The molecule has 20 heavy (non-hydrogen) atoms. The lowest BCUT2D eigenvalue weighted by atomic mass is 10.1. The quantitative estimate of drug-likeness (QED) is 0.929. The second-order valence-corrected chi connectivity index (χ2v) is 5.63. The van der Waals surface area contributed by atoms with Crippen molar-refractivity contribution < 1.29 is 0 Å². The van der Waals surface area contributed by atoms with Gasteiger partial charge in [-0.25, -0.2) is 4.68 Å². The molecule has 0 bridgehead atoms. The molecule has 4 heteroatoms. The summed E-state index contributed by atoms with van der Waals surface area (Å²) < 4.78 is 1.96. The Morgan fingerprint density at radius 3 is 2.30 bits per heavy atom. The van der Waals surface area contributed by atoms with Crippen LogP contribution in [0.25, 0.3) is 5.69 Å². The van der Waals surface area contributed by atoms with Crippen molar-refractivity contribution in [3.05, 3.63) is 42.2 Å². The Hall–Kier alpha value is -1.81. The van der Waals surface area contributed by atoms with E-state index < -0.39 is 0 Å². The summed E-state index contributed by atoms with van der Waals surface area (Å²) in [5, 5.41) is 7.82. The van der Waals surface area contributed by atoms with Crippen LogP contribution in [0, 0.1) is 0 Å². The Morgan fingerprint density at radius 2 is 1.70 bits per heavy atom. The molecular weight excluding hydrogens is 248 g/mol. The zero-order valence-corrected chi connectivity index (χ0v) is 12.2. The third-order valence-corrected chi connectivity index (χ3v) is 3.87. The van der Waals surface area contributed by atoms with Crippen LogP contribution < -0.4 is 10.2 Å². The number of hydrogen-bond donors (Lipinski definition) is 1. The number of nitrogens with one attached hydrogen (secondary N) is 1. The maximum atomic E-state index is 4.44. The van der Waals surface area contributed by atoms with Gasteiger partial charge in [0.2, 0.25) is 0 Å². The molecule has 0 radical (unpaired) electrons. The first kappa shape index (κ1) is 13.2. The van der Waals surface area contributed by atoms with Gasteiger partial charge in [-0.2, -0.15) is 5.10 Å². The molecule has 0 saturated carbocycles. The van der Waals surface area contributed by atoms with Crippen molar-refractivity contribution in [1.29, 1.82) is 0 Å². The van der Waals surface area contributed by atoms with Crippen LogP contribution in [0.1, 0.15) is 25.3 Å². The lowest BCUT2D eigenvalue weighted by Crippen LogP contribution is -2.43. The van der Waals surface area contributed by atoms with Crippen LogP contribution in [-0.2, 0) is 0 Å². The van der Waals surface area contributed by atoms with Gasteiger partial charge in [0.15, 0.2) is 0 Å². The molecule has 2 aromatic rings. The molecule has 3 rings (SSSR count). The van der Waals surface area contributed by atoms with E-state index in [9.17, 15) is 0 Å². The maximum Gasteiger partial charge on any atom is 0.0647 e. The average Bonchev–Trinajstić information content (AvgIpc) is 2.98. The average molecular weight is 270 g/mol. The van der Waals surface area contributed by atoms with Gasteiger partial charge in [-0.3, -0.25) is 0 Å². The van der Waals surface area contributed by atoms with Crippen molar-refractivity contribution in [3.63, 3.8) is 0 Å².